The summed E-state index contributed by atoms with van der Waals surface area (Å²) in [4.78, 5) is 10.8. The van der Waals surface area contributed by atoms with E-state index in [9.17, 15) is 15.0 Å². The molecule has 2 rings (SSSR count). The summed E-state index contributed by atoms with van der Waals surface area (Å²) in [6, 6.07) is -1.72. The molecule has 2 aliphatic heterocycles. The van der Waals surface area contributed by atoms with Crippen LogP contribution in [0.2, 0.25) is 0 Å². The Kier molecular flexibility index (Phi) is 2.47. The van der Waals surface area contributed by atoms with E-state index in [1.165, 1.54) is 18.6 Å². The van der Waals surface area contributed by atoms with Crippen molar-refractivity contribution in [3.8, 4) is 0 Å². The van der Waals surface area contributed by atoms with E-state index >= 15 is 0 Å². The Morgan fingerprint density at radius 1 is 1.47 bits per heavy atom. The first-order valence-corrected chi connectivity index (χ1v) is 4.48. The molecule has 4 N–H and O–H groups in total. The Labute approximate surface area is 85.5 Å². The van der Waals surface area contributed by atoms with Gasteiger partial charge in [-0.25, -0.2) is 0 Å². The van der Waals surface area contributed by atoms with Crippen molar-refractivity contribution >= 4 is 5.97 Å². The summed E-state index contributed by atoms with van der Waals surface area (Å²) in [5.74, 6) is -1.16. The molecule has 4 atom stereocenters. The molecule has 0 saturated carbocycles. The van der Waals surface area contributed by atoms with Crippen LogP contribution in [0.25, 0.3) is 0 Å². The number of carbonyl (C=O) groups is 1. The maximum Gasteiger partial charge on any atom is 0.323 e. The first-order chi connectivity index (χ1) is 7.11. The van der Waals surface area contributed by atoms with Crippen LogP contribution in [0.5, 0.6) is 0 Å². The second-order valence-electron chi connectivity index (χ2n) is 3.48. The highest BCUT2D eigenvalue weighted by Gasteiger charge is 2.44. The minimum atomic E-state index is -1.18. The number of carboxylic acid groups (broad SMARTS) is 1. The average molecular weight is 213 g/mol. The molecule has 2 aliphatic rings. The van der Waals surface area contributed by atoms with Crippen molar-refractivity contribution < 1.29 is 24.9 Å². The smallest absolute Gasteiger partial charge is 0.323 e. The SMILES string of the molecule is O=C(O)[C@@H]1N[C@@H]2C(=COC=C[C@H]2O)[C@@H]1O. The molecule has 6 nitrogen and oxygen atoms in total. The van der Waals surface area contributed by atoms with Gasteiger partial charge in [-0.2, -0.15) is 0 Å². The van der Waals surface area contributed by atoms with Crippen LogP contribution in [-0.2, 0) is 9.53 Å². The van der Waals surface area contributed by atoms with Crippen LogP contribution in [0.15, 0.2) is 24.2 Å². The fourth-order valence-electron chi connectivity index (χ4n) is 1.76. The summed E-state index contributed by atoms with van der Waals surface area (Å²) >= 11 is 0. The molecule has 0 aromatic rings. The molecule has 2 heterocycles. The number of rotatable bonds is 1. The summed E-state index contributed by atoms with van der Waals surface area (Å²) in [6.45, 7) is 0. The van der Waals surface area contributed by atoms with Gasteiger partial charge in [-0.05, 0) is 6.08 Å². The summed E-state index contributed by atoms with van der Waals surface area (Å²) in [6.07, 6.45) is 1.86. The van der Waals surface area contributed by atoms with Crippen molar-refractivity contribution in [2.24, 2.45) is 0 Å². The van der Waals surface area contributed by atoms with Gasteiger partial charge in [-0.1, -0.05) is 0 Å². The molecule has 0 radical (unpaired) electrons. The van der Waals surface area contributed by atoms with Gasteiger partial charge in [0, 0.05) is 5.57 Å². The lowest BCUT2D eigenvalue weighted by Gasteiger charge is -2.14. The number of carboxylic acids is 1. The van der Waals surface area contributed by atoms with Gasteiger partial charge in [-0.15, -0.1) is 0 Å². The zero-order chi connectivity index (χ0) is 11.0. The highest BCUT2D eigenvalue weighted by atomic mass is 16.5. The summed E-state index contributed by atoms with van der Waals surface area (Å²) < 4.78 is 4.88. The fourth-order valence-corrected chi connectivity index (χ4v) is 1.76. The third kappa shape index (κ3) is 1.63. The second kappa shape index (κ2) is 3.65. The van der Waals surface area contributed by atoms with Crippen LogP contribution in [0.1, 0.15) is 0 Å². The Balaban J connectivity index is 2.27. The number of nitrogens with one attached hydrogen (secondary N) is 1. The van der Waals surface area contributed by atoms with Gasteiger partial charge in [0.15, 0.2) is 0 Å². The predicted octanol–water partition coefficient (Wildman–Crippen LogP) is -1.44. The normalized spacial score (nSPS) is 38.9. The lowest BCUT2D eigenvalue weighted by Crippen LogP contribution is -2.43. The summed E-state index contributed by atoms with van der Waals surface area (Å²) in [5, 5.41) is 30.7. The Morgan fingerprint density at radius 3 is 2.87 bits per heavy atom. The van der Waals surface area contributed by atoms with Crippen LogP contribution < -0.4 is 5.32 Å². The molecule has 0 aromatic carbocycles. The van der Waals surface area contributed by atoms with E-state index in [2.05, 4.69) is 5.32 Å². The number of aliphatic carboxylic acids is 1. The number of ether oxygens (including phenoxy) is 1. The van der Waals surface area contributed by atoms with E-state index < -0.39 is 30.3 Å². The van der Waals surface area contributed by atoms with Crippen LogP contribution in [0.3, 0.4) is 0 Å². The molecular weight excluding hydrogens is 202 g/mol. The lowest BCUT2D eigenvalue weighted by atomic mass is 10.0. The molecule has 0 amide bonds. The number of aliphatic hydroxyl groups excluding tert-OH is 2. The van der Waals surface area contributed by atoms with Crippen molar-refractivity contribution in [2.75, 3.05) is 0 Å². The molecule has 0 bridgehead atoms. The quantitative estimate of drug-likeness (QED) is 0.426. The zero-order valence-electron chi connectivity index (χ0n) is 7.70. The Hall–Kier alpha value is -1.37. The zero-order valence-corrected chi connectivity index (χ0v) is 7.70. The van der Waals surface area contributed by atoms with Crippen molar-refractivity contribution in [1.82, 2.24) is 5.32 Å². The number of hydrogen-bond donors (Lipinski definition) is 4. The third-order valence-electron chi connectivity index (χ3n) is 2.54. The minimum Gasteiger partial charge on any atom is -0.480 e. The second-order valence-corrected chi connectivity index (χ2v) is 3.48. The molecule has 1 saturated heterocycles. The Bertz CT molecular complexity index is 337. The maximum atomic E-state index is 10.8. The molecule has 0 unspecified atom stereocenters. The molecule has 6 heteroatoms. The van der Waals surface area contributed by atoms with Gasteiger partial charge in [0.05, 0.1) is 24.7 Å². The molecule has 1 fully saturated rings. The highest BCUT2D eigenvalue weighted by molar-refractivity contribution is 5.76. The van der Waals surface area contributed by atoms with Crippen LogP contribution >= 0.6 is 0 Å². The van der Waals surface area contributed by atoms with Crippen LogP contribution in [-0.4, -0.2) is 45.6 Å². The van der Waals surface area contributed by atoms with E-state index in [4.69, 9.17) is 9.84 Å². The molecule has 0 spiro atoms. The standard InChI is InChI=1S/C9H11NO5/c11-5-1-2-15-3-4-6(5)10-7(8(4)12)9(13)14/h1-3,5-8,10-12H,(H,13,14)/t5-,6-,7-,8+/m1/s1. The fraction of sp³-hybridized carbons (Fsp3) is 0.444. The molecule has 82 valence electrons. The average Bonchev–Trinajstić information content (AvgIpc) is 2.39. The van der Waals surface area contributed by atoms with Crippen molar-refractivity contribution in [1.29, 1.82) is 0 Å². The lowest BCUT2D eigenvalue weighted by molar-refractivity contribution is -0.141. The van der Waals surface area contributed by atoms with Crippen LogP contribution in [0, 0.1) is 0 Å². The van der Waals surface area contributed by atoms with Gasteiger partial charge in [0.2, 0.25) is 0 Å². The molecule has 0 aliphatic carbocycles. The van der Waals surface area contributed by atoms with Crippen LogP contribution in [0.4, 0.5) is 0 Å². The van der Waals surface area contributed by atoms with Crippen molar-refractivity contribution in [3.63, 3.8) is 0 Å². The topological polar surface area (TPSA) is 99.0 Å². The molecular formula is C9H11NO5. The first kappa shape index (κ1) is 10.2. The first-order valence-electron chi connectivity index (χ1n) is 4.48. The third-order valence-corrected chi connectivity index (χ3v) is 2.54. The number of hydrogen-bond acceptors (Lipinski definition) is 5. The number of aliphatic hydroxyl groups is 2. The van der Waals surface area contributed by atoms with E-state index in [0.29, 0.717) is 5.57 Å². The molecule has 15 heavy (non-hydrogen) atoms. The Morgan fingerprint density at radius 2 is 2.20 bits per heavy atom. The minimum absolute atomic E-state index is 0.347. The van der Waals surface area contributed by atoms with Gasteiger partial charge < -0.3 is 20.1 Å². The van der Waals surface area contributed by atoms with E-state index in [1.54, 1.807) is 0 Å². The summed E-state index contributed by atoms with van der Waals surface area (Å²) in [5.41, 5.74) is 0.347. The van der Waals surface area contributed by atoms with Gasteiger partial charge >= 0.3 is 5.97 Å². The molecule has 0 aromatic heterocycles. The summed E-state index contributed by atoms with van der Waals surface area (Å²) in [7, 11) is 0. The van der Waals surface area contributed by atoms with Gasteiger partial charge in [0.1, 0.15) is 12.1 Å². The monoisotopic (exact) mass is 213 g/mol. The van der Waals surface area contributed by atoms with Gasteiger partial charge in [0.25, 0.3) is 0 Å². The predicted molar refractivity (Wildman–Crippen MR) is 48.7 cm³/mol. The van der Waals surface area contributed by atoms with Crippen molar-refractivity contribution in [3.05, 3.63) is 24.2 Å². The van der Waals surface area contributed by atoms with Crippen molar-refractivity contribution in [2.45, 2.75) is 24.3 Å². The largest absolute Gasteiger partial charge is 0.480 e. The maximum absolute atomic E-state index is 10.8. The van der Waals surface area contributed by atoms with E-state index in [-0.39, 0.29) is 0 Å². The van der Waals surface area contributed by atoms with Gasteiger partial charge in [-0.3, -0.25) is 10.1 Å². The highest BCUT2D eigenvalue weighted by Crippen LogP contribution is 2.25. The number of fused-ring (bicyclic) bond motifs is 1. The van der Waals surface area contributed by atoms with E-state index in [1.807, 2.05) is 0 Å². The van der Waals surface area contributed by atoms with E-state index in [0.717, 1.165) is 0 Å².